The van der Waals surface area contributed by atoms with Gasteiger partial charge in [0.15, 0.2) is 16.8 Å². The number of nitrogens with zero attached hydrogens (tertiary/aromatic N) is 3. The van der Waals surface area contributed by atoms with Gasteiger partial charge in [0.2, 0.25) is 0 Å². The van der Waals surface area contributed by atoms with Crippen LogP contribution >= 0.6 is 23.4 Å². The van der Waals surface area contributed by atoms with E-state index >= 15 is 0 Å². The predicted molar refractivity (Wildman–Crippen MR) is 113 cm³/mol. The molecule has 0 fully saturated rings. The van der Waals surface area contributed by atoms with Crippen molar-refractivity contribution in [2.24, 2.45) is 0 Å². The summed E-state index contributed by atoms with van der Waals surface area (Å²) < 4.78 is 1.95. The first-order chi connectivity index (χ1) is 13.7. The van der Waals surface area contributed by atoms with Gasteiger partial charge in [0.25, 0.3) is 0 Å². The van der Waals surface area contributed by atoms with E-state index in [2.05, 4.69) is 10.2 Å². The zero-order valence-corrected chi connectivity index (χ0v) is 16.4. The van der Waals surface area contributed by atoms with Crippen LogP contribution in [0.15, 0.2) is 90.1 Å². The lowest BCUT2D eigenvalue weighted by Crippen LogP contribution is -2.04. The van der Waals surface area contributed by atoms with E-state index in [-0.39, 0.29) is 11.5 Å². The van der Waals surface area contributed by atoms with Crippen LogP contribution in [0.3, 0.4) is 0 Å². The van der Waals surface area contributed by atoms with Crippen LogP contribution in [0.1, 0.15) is 10.4 Å². The van der Waals surface area contributed by atoms with Gasteiger partial charge in [-0.25, -0.2) is 0 Å². The monoisotopic (exact) mass is 405 g/mol. The van der Waals surface area contributed by atoms with E-state index in [1.54, 1.807) is 0 Å². The summed E-state index contributed by atoms with van der Waals surface area (Å²) in [7, 11) is 0. The van der Waals surface area contributed by atoms with Gasteiger partial charge < -0.3 is 0 Å². The Balaban J connectivity index is 1.68. The lowest BCUT2D eigenvalue weighted by molar-refractivity contribution is 0.102. The highest BCUT2D eigenvalue weighted by Crippen LogP contribution is 2.29. The number of halogens is 1. The van der Waals surface area contributed by atoms with Crippen LogP contribution in [0.25, 0.3) is 17.1 Å². The molecule has 1 heterocycles. The molecule has 0 aliphatic carbocycles. The molecular weight excluding hydrogens is 390 g/mol. The van der Waals surface area contributed by atoms with Crippen LogP contribution in [0.2, 0.25) is 5.02 Å². The molecule has 4 aromatic rings. The largest absolute Gasteiger partial charge is 0.293 e. The van der Waals surface area contributed by atoms with Crippen LogP contribution in [-0.2, 0) is 0 Å². The van der Waals surface area contributed by atoms with Gasteiger partial charge in [-0.3, -0.25) is 9.36 Å². The number of carbonyl (C=O) groups excluding carboxylic acids is 1. The average molecular weight is 406 g/mol. The Morgan fingerprint density at radius 3 is 2.18 bits per heavy atom. The lowest BCUT2D eigenvalue weighted by Gasteiger charge is -2.10. The second-order valence-corrected chi connectivity index (χ2v) is 7.44. The standard InChI is InChI=1S/C22H16ClN3OS/c23-18-11-13-19(14-12-18)26-21(17-9-5-2-6-10-17)24-25-22(26)28-15-20(27)16-7-3-1-4-8-16/h1-14H,15H2. The van der Waals surface area contributed by atoms with Gasteiger partial charge in [0, 0.05) is 21.8 Å². The van der Waals surface area contributed by atoms with Gasteiger partial charge >= 0.3 is 0 Å². The number of hydrogen-bond acceptors (Lipinski definition) is 4. The normalized spacial score (nSPS) is 10.8. The highest BCUT2D eigenvalue weighted by atomic mass is 35.5. The highest BCUT2D eigenvalue weighted by molar-refractivity contribution is 7.99. The molecule has 0 amide bonds. The number of benzene rings is 3. The first kappa shape index (κ1) is 18.5. The van der Waals surface area contributed by atoms with E-state index in [0.717, 1.165) is 17.1 Å². The van der Waals surface area contributed by atoms with Crippen molar-refractivity contribution in [2.75, 3.05) is 5.75 Å². The molecule has 3 aromatic carbocycles. The molecule has 0 N–H and O–H groups in total. The third kappa shape index (κ3) is 4.01. The van der Waals surface area contributed by atoms with Crippen molar-refractivity contribution >= 4 is 29.1 Å². The summed E-state index contributed by atoms with van der Waals surface area (Å²) in [5, 5.41) is 10.0. The first-order valence-corrected chi connectivity index (χ1v) is 10.1. The summed E-state index contributed by atoms with van der Waals surface area (Å²) in [6.07, 6.45) is 0. The van der Waals surface area contributed by atoms with E-state index in [1.807, 2.05) is 89.5 Å². The topological polar surface area (TPSA) is 47.8 Å². The van der Waals surface area contributed by atoms with Crippen LogP contribution < -0.4 is 0 Å². The fourth-order valence-corrected chi connectivity index (χ4v) is 3.77. The maximum atomic E-state index is 12.5. The van der Waals surface area contributed by atoms with Crippen LogP contribution in [0.5, 0.6) is 0 Å². The van der Waals surface area contributed by atoms with Crippen molar-refractivity contribution in [3.05, 3.63) is 95.5 Å². The molecule has 4 nitrogen and oxygen atoms in total. The van der Waals surface area contributed by atoms with Crippen LogP contribution in [0.4, 0.5) is 0 Å². The molecule has 28 heavy (non-hydrogen) atoms. The number of thioether (sulfide) groups is 1. The highest BCUT2D eigenvalue weighted by Gasteiger charge is 2.17. The minimum Gasteiger partial charge on any atom is -0.293 e. The summed E-state index contributed by atoms with van der Waals surface area (Å²) in [5.41, 5.74) is 2.53. The summed E-state index contributed by atoms with van der Waals surface area (Å²) in [6, 6.07) is 26.6. The van der Waals surface area contributed by atoms with Gasteiger partial charge in [-0.15, -0.1) is 10.2 Å². The first-order valence-electron chi connectivity index (χ1n) is 8.70. The molecule has 0 aliphatic heterocycles. The van der Waals surface area contributed by atoms with Gasteiger partial charge in [-0.05, 0) is 24.3 Å². The molecule has 0 saturated carbocycles. The molecule has 0 radical (unpaired) electrons. The Morgan fingerprint density at radius 1 is 0.857 bits per heavy atom. The Kier molecular flexibility index (Phi) is 5.55. The second-order valence-electron chi connectivity index (χ2n) is 6.06. The van der Waals surface area contributed by atoms with E-state index in [1.165, 1.54) is 11.8 Å². The Labute approximate surface area is 172 Å². The van der Waals surface area contributed by atoms with Gasteiger partial charge in [0.1, 0.15) is 0 Å². The maximum absolute atomic E-state index is 12.5. The molecule has 4 rings (SSSR count). The Morgan fingerprint density at radius 2 is 1.50 bits per heavy atom. The Hall–Kier alpha value is -2.89. The van der Waals surface area contributed by atoms with Crippen molar-refractivity contribution in [1.82, 2.24) is 14.8 Å². The Bertz CT molecular complexity index is 1080. The molecule has 6 heteroatoms. The van der Waals surface area contributed by atoms with Gasteiger partial charge in [0.05, 0.1) is 5.75 Å². The summed E-state index contributed by atoms with van der Waals surface area (Å²) >= 11 is 7.42. The number of carbonyl (C=O) groups is 1. The third-order valence-corrected chi connectivity index (χ3v) is 5.36. The van der Waals surface area contributed by atoms with Crippen LogP contribution in [-0.4, -0.2) is 26.3 Å². The second kappa shape index (κ2) is 8.42. The molecule has 0 aliphatic rings. The summed E-state index contributed by atoms with van der Waals surface area (Å²) in [4.78, 5) is 12.5. The van der Waals surface area contributed by atoms with E-state index in [0.29, 0.717) is 15.7 Å². The number of aromatic nitrogens is 3. The molecule has 1 aromatic heterocycles. The SMILES string of the molecule is O=C(CSc1nnc(-c2ccccc2)n1-c1ccc(Cl)cc1)c1ccccc1. The van der Waals surface area contributed by atoms with E-state index < -0.39 is 0 Å². The molecule has 0 spiro atoms. The molecule has 0 unspecified atom stereocenters. The van der Waals surface area contributed by atoms with Crippen molar-refractivity contribution in [1.29, 1.82) is 0 Å². The number of rotatable bonds is 6. The van der Waals surface area contributed by atoms with E-state index in [4.69, 9.17) is 11.6 Å². The van der Waals surface area contributed by atoms with Gasteiger partial charge in [-0.1, -0.05) is 84.0 Å². The minimum atomic E-state index is 0.0533. The van der Waals surface area contributed by atoms with Crippen molar-refractivity contribution < 1.29 is 4.79 Å². The van der Waals surface area contributed by atoms with Crippen molar-refractivity contribution in [3.63, 3.8) is 0 Å². The minimum absolute atomic E-state index is 0.0533. The zero-order valence-electron chi connectivity index (χ0n) is 14.8. The average Bonchev–Trinajstić information content (AvgIpc) is 3.18. The van der Waals surface area contributed by atoms with E-state index in [9.17, 15) is 4.79 Å². The van der Waals surface area contributed by atoms with Crippen LogP contribution in [0, 0.1) is 0 Å². The quantitative estimate of drug-likeness (QED) is 0.311. The maximum Gasteiger partial charge on any atom is 0.196 e. The summed E-state index contributed by atoms with van der Waals surface area (Å²) in [5.74, 6) is 1.06. The summed E-state index contributed by atoms with van der Waals surface area (Å²) in [6.45, 7) is 0. The molecule has 0 bridgehead atoms. The number of Topliss-reactive ketones (excluding diaryl/α,β-unsaturated/α-hetero) is 1. The molecular formula is C22H16ClN3OS. The van der Waals surface area contributed by atoms with Crippen molar-refractivity contribution in [2.45, 2.75) is 5.16 Å². The number of hydrogen-bond donors (Lipinski definition) is 0. The lowest BCUT2D eigenvalue weighted by atomic mass is 10.2. The third-order valence-electron chi connectivity index (χ3n) is 4.18. The fourth-order valence-electron chi connectivity index (χ4n) is 2.80. The molecule has 138 valence electrons. The van der Waals surface area contributed by atoms with Gasteiger partial charge in [-0.2, -0.15) is 0 Å². The molecule has 0 saturated heterocycles. The number of ketones is 1. The smallest absolute Gasteiger partial charge is 0.196 e. The predicted octanol–water partition coefficient (Wildman–Crippen LogP) is 5.56. The van der Waals surface area contributed by atoms with Crippen molar-refractivity contribution in [3.8, 4) is 17.1 Å². The molecule has 0 atom stereocenters. The zero-order chi connectivity index (χ0) is 19.3. The fraction of sp³-hybridized carbons (Fsp3) is 0.0455.